The van der Waals surface area contributed by atoms with Gasteiger partial charge in [-0.15, -0.1) is 12.4 Å². The first-order valence-corrected chi connectivity index (χ1v) is 8.25. The molecule has 3 N–H and O–H groups in total. The van der Waals surface area contributed by atoms with Gasteiger partial charge in [-0.2, -0.15) is 11.8 Å². The van der Waals surface area contributed by atoms with Crippen molar-refractivity contribution in [1.82, 2.24) is 5.32 Å². The lowest BCUT2D eigenvalue weighted by Gasteiger charge is -2.12. The van der Waals surface area contributed by atoms with Crippen LogP contribution >= 0.6 is 24.2 Å². The molecule has 1 atom stereocenters. The van der Waals surface area contributed by atoms with Crippen molar-refractivity contribution in [3.63, 3.8) is 0 Å². The van der Waals surface area contributed by atoms with Crippen molar-refractivity contribution in [2.24, 2.45) is 5.73 Å². The molecule has 0 aromatic heterocycles. The van der Waals surface area contributed by atoms with E-state index in [1.54, 1.807) is 11.8 Å². The van der Waals surface area contributed by atoms with Crippen LogP contribution in [0, 0.1) is 6.92 Å². The minimum atomic E-state index is -0.403. The van der Waals surface area contributed by atoms with Gasteiger partial charge < -0.3 is 15.8 Å². The zero-order chi connectivity index (χ0) is 14.8. The third-order valence-corrected chi connectivity index (χ3v) is 3.59. The number of nitrogens with one attached hydrogen (secondary N) is 1. The molecule has 0 spiro atoms. The highest BCUT2D eigenvalue weighted by molar-refractivity contribution is 7.98. The topological polar surface area (TPSA) is 64.4 Å². The van der Waals surface area contributed by atoms with E-state index in [2.05, 4.69) is 5.32 Å². The molecule has 0 bridgehead atoms. The van der Waals surface area contributed by atoms with E-state index in [1.165, 1.54) is 0 Å². The second kappa shape index (κ2) is 11.7. The minimum absolute atomic E-state index is 0. The highest BCUT2D eigenvalue weighted by Gasteiger charge is 2.11. The van der Waals surface area contributed by atoms with E-state index in [-0.39, 0.29) is 18.3 Å². The van der Waals surface area contributed by atoms with E-state index >= 15 is 0 Å². The number of hydrogen-bond acceptors (Lipinski definition) is 4. The first kappa shape index (κ1) is 20.1. The summed E-state index contributed by atoms with van der Waals surface area (Å²) in [5.74, 6) is 1.73. The van der Waals surface area contributed by atoms with Crippen LogP contribution in [-0.4, -0.2) is 37.1 Å². The van der Waals surface area contributed by atoms with Crippen LogP contribution in [0.15, 0.2) is 24.3 Å². The summed E-state index contributed by atoms with van der Waals surface area (Å²) in [5, 5.41) is 2.84. The van der Waals surface area contributed by atoms with Gasteiger partial charge in [0.15, 0.2) is 0 Å². The average Bonchev–Trinajstić information content (AvgIpc) is 2.46. The van der Waals surface area contributed by atoms with Crippen molar-refractivity contribution in [2.75, 3.05) is 25.2 Å². The fourth-order valence-corrected chi connectivity index (χ4v) is 2.18. The number of carbonyl (C=O) groups excluding carboxylic acids is 1. The summed E-state index contributed by atoms with van der Waals surface area (Å²) in [6.07, 6.45) is 3.50. The van der Waals surface area contributed by atoms with Crippen molar-refractivity contribution in [3.8, 4) is 5.75 Å². The summed E-state index contributed by atoms with van der Waals surface area (Å²) in [4.78, 5) is 11.6. The molecule has 0 aliphatic rings. The van der Waals surface area contributed by atoms with Gasteiger partial charge in [0, 0.05) is 6.54 Å². The normalized spacial score (nSPS) is 11.4. The van der Waals surface area contributed by atoms with E-state index < -0.39 is 6.04 Å². The lowest BCUT2D eigenvalue weighted by molar-refractivity contribution is -0.122. The van der Waals surface area contributed by atoms with Crippen LogP contribution in [0.5, 0.6) is 5.75 Å². The van der Waals surface area contributed by atoms with Crippen LogP contribution < -0.4 is 15.8 Å². The number of carbonyl (C=O) groups is 1. The smallest absolute Gasteiger partial charge is 0.236 e. The number of aryl methyl sites for hydroxylation is 1. The monoisotopic (exact) mass is 332 g/mol. The molecule has 21 heavy (non-hydrogen) atoms. The summed E-state index contributed by atoms with van der Waals surface area (Å²) in [5.41, 5.74) is 6.89. The summed E-state index contributed by atoms with van der Waals surface area (Å²) in [7, 11) is 0. The second-order valence-corrected chi connectivity index (χ2v) is 5.63. The van der Waals surface area contributed by atoms with Crippen LogP contribution in [0.1, 0.15) is 18.4 Å². The molecule has 0 saturated carbocycles. The van der Waals surface area contributed by atoms with E-state index in [4.69, 9.17) is 10.5 Å². The van der Waals surface area contributed by atoms with Crippen molar-refractivity contribution in [3.05, 3.63) is 29.8 Å². The van der Waals surface area contributed by atoms with Crippen LogP contribution in [0.25, 0.3) is 0 Å². The SMILES string of the molecule is CSCC[C@H](N)C(=O)NCCCOc1ccccc1C.Cl. The number of para-hydroxylation sites is 1. The van der Waals surface area contributed by atoms with Crippen LogP contribution in [-0.2, 0) is 4.79 Å². The maximum Gasteiger partial charge on any atom is 0.236 e. The number of thioether (sulfide) groups is 1. The first-order chi connectivity index (χ1) is 9.65. The van der Waals surface area contributed by atoms with Crippen molar-refractivity contribution >= 4 is 30.1 Å². The molecule has 1 rings (SSSR count). The average molecular weight is 333 g/mol. The van der Waals surface area contributed by atoms with E-state index in [0.29, 0.717) is 19.6 Å². The van der Waals surface area contributed by atoms with Gasteiger partial charge in [0.05, 0.1) is 12.6 Å². The molecule has 0 radical (unpaired) electrons. The zero-order valence-corrected chi connectivity index (χ0v) is 14.3. The number of halogens is 1. The molecule has 120 valence electrons. The van der Waals surface area contributed by atoms with E-state index in [1.807, 2.05) is 37.4 Å². The number of ether oxygens (including phenoxy) is 1. The molecule has 0 aliphatic heterocycles. The molecule has 0 heterocycles. The van der Waals surface area contributed by atoms with Gasteiger partial charge >= 0.3 is 0 Å². The van der Waals surface area contributed by atoms with Crippen molar-refractivity contribution < 1.29 is 9.53 Å². The number of nitrogens with two attached hydrogens (primary N) is 1. The Morgan fingerprint density at radius 1 is 1.43 bits per heavy atom. The lowest BCUT2D eigenvalue weighted by Crippen LogP contribution is -2.41. The number of amides is 1. The number of benzene rings is 1. The highest BCUT2D eigenvalue weighted by atomic mass is 35.5. The molecule has 1 amide bonds. The van der Waals surface area contributed by atoms with Gasteiger partial charge in [-0.25, -0.2) is 0 Å². The maximum atomic E-state index is 11.6. The molecular formula is C15H25ClN2O2S. The predicted octanol–water partition coefficient (Wildman–Crippen LogP) is 2.38. The fourth-order valence-electron chi connectivity index (χ4n) is 1.69. The Bertz CT molecular complexity index is 418. The number of rotatable bonds is 9. The van der Waals surface area contributed by atoms with Crippen molar-refractivity contribution in [2.45, 2.75) is 25.8 Å². The summed E-state index contributed by atoms with van der Waals surface area (Å²) in [6.45, 7) is 3.20. The Balaban J connectivity index is 0.00000400. The van der Waals surface area contributed by atoms with Gasteiger partial charge in [0.25, 0.3) is 0 Å². The Hall–Kier alpha value is -0.910. The maximum absolute atomic E-state index is 11.6. The Kier molecular flexibility index (Phi) is 11.2. The molecule has 0 saturated heterocycles. The van der Waals surface area contributed by atoms with Crippen LogP contribution in [0.3, 0.4) is 0 Å². The molecule has 0 unspecified atom stereocenters. The second-order valence-electron chi connectivity index (χ2n) is 4.65. The largest absolute Gasteiger partial charge is 0.493 e. The van der Waals surface area contributed by atoms with Crippen LogP contribution in [0.2, 0.25) is 0 Å². The summed E-state index contributed by atoms with van der Waals surface area (Å²) >= 11 is 1.70. The van der Waals surface area contributed by atoms with Gasteiger partial charge in [-0.1, -0.05) is 18.2 Å². The van der Waals surface area contributed by atoms with Gasteiger partial charge in [-0.3, -0.25) is 4.79 Å². The molecule has 0 aliphatic carbocycles. The van der Waals surface area contributed by atoms with Gasteiger partial charge in [0.1, 0.15) is 5.75 Å². The van der Waals surface area contributed by atoms with Gasteiger partial charge in [0.2, 0.25) is 5.91 Å². The molecule has 4 nitrogen and oxygen atoms in total. The summed E-state index contributed by atoms with van der Waals surface area (Å²) < 4.78 is 5.66. The zero-order valence-electron chi connectivity index (χ0n) is 12.6. The predicted molar refractivity (Wildman–Crippen MR) is 92.5 cm³/mol. The number of hydrogen-bond donors (Lipinski definition) is 2. The Morgan fingerprint density at radius 3 is 2.81 bits per heavy atom. The molecule has 1 aromatic rings. The Morgan fingerprint density at radius 2 is 2.14 bits per heavy atom. The standard InChI is InChI=1S/C15H24N2O2S.ClH/c1-12-6-3-4-7-14(12)19-10-5-9-17-15(18)13(16)8-11-20-2;/h3-4,6-7,13H,5,8-11,16H2,1-2H3,(H,17,18);1H/t13-;/m0./s1. The van der Waals surface area contributed by atoms with Gasteiger partial charge in [-0.05, 0) is 43.4 Å². The summed E-state index contributed by atoms with van der Waals surface area (Å²) in [6, 6.07) is 7.50. The highest BCUT2D eigenvalue weighted by Crippen LogP contribution is 2.15. The molecule has 6 heteroatoms. The van der Waals surface area contributed by atoms with Crippen LogP contribution in [0.4, 0.5) is 0 Å². The quantitative estimate of drug-likeness (QED) is 0.681. The minimum Gasteiger partial charge on any atom is -0.493 e. The molecular weight excluding hydrogens is 308 g/mol. The first-order valence-electron chi connectivity index (χ1n) is 6.86. The third-order valence-electron chi connectivity index (χ3n) is 2.94. The fraction of sp³-hybridized carbons (Fsp3) is 0.533. The third kappa shape index (κ3) is 8.19. The molecule has 1 aromatic carbocycles. The molecule has 0 fully saturated rings. The lowest BCUT2D eigenvalue weighted by atomic mass is 10.2. The van der Waals surface area contributed by atoms with E-state index in [0.717, 1.165) is 23.5 Å². The van der Waals surface area contributed by atoms with E-state index in [9.17, 15) is 4.79 Å². The Labute approximate surface area is 137 Å². The van der Waals surface area contributed by atoms with Crippen molar-refractivity contribution in [1.29, 1.82) is 0 Å².